The number of carbonyl (C=O) groups excluding carboxylic acids is 2. The van der Waals surface area contributed by atoms with Crippen LogP contribution in [0.3, 0.4) is 0 Å². The minimum absolute atomic E-state index is 0.125. The second kappa shape index (κ2) is 5.33. The fourth-order valence-electron chi connectivity index (χ4n) is 2.46. The molecule has 0 unspecified atom stereocenters. The molecule has 0 saturated carbocycles. The van der Waals surface area contributed by atoms with Crippen LogP contribution in [-0.2, 0) is 6.42 Å². The molecule has 1 heterocycles. The van der Waals surface area contributed by atoms with Crippen LogP contribution in [0.25, 0.3) is 0 Å². The lowest BCUT2D eigenvalue weighted by Gasteiger charge is -2.17. The molecule has 106 valence electrons. The Morgan fingerprint density at radius 1 is 1.14 bits per heavy atom. The van der Waals surface area contributed by atoms with Crippen molar-refractivity contribution in [2.24, 2.45) is 0 Å². The van der Waals surface area contributed by atoms with Crippen molar-refractivity contribution in [3.63, 3.8) is 0 Å². The quantitative estimate of drug-likeness (QED) is 0.649. The van der Waals surface area contributed by atoms with E-state index in [4.69, 9.17) is 5.73 Å². The van der Waals surface area contributed by atoms with Gasteiger partial charge in [-0.05, 0) is 36.2 Å². The number of amides is 1. The smallest absolute Gasteiger partial charge is 0.251 e. The lowest BCUT2D eigenvalue weighted by atomic mass is 9.94. The SMILES string of the molecule is Nc1cc(Br)cc(C(=O)c2ccc3c(c2)C(=O)NCC3)c1. The summed E-state index contributed by atoms with van der Waals surface area (Å²) in [6, 6.07) is 10.4. The molecule has 0 atom stereocenters. The predicted octanol–water partition coefficient (Wildman–Crippen LogP) is 2.55. The van der Waals surface area contributed by atoms with Gasteiger partial charge in [-0.2, -0.15) is 0 Å². The van der Waals surface area contributed by atoms with Crippen molar-refractivity contribution in [2.45, 2.75) is 6.42 Å². The first kappa shape index (κ1) is 13.8. The summed E-state index contributed by atoms with van der Waals surface area (Å²) in [5.41, 5.74) is 8.82. The molecule has 1 aliphatic heterocycles. The molecular formula is C16H13BrN2O2. The molecule has 0 bridgehead atoms. The van der Waals surface area contributed by atoms with Crippen molar-refractivity contribution in [2.75, 3.05) is 12.3 Å². The number of hydrogen-bond donors (Lipinski definition) is 2. The molecule has 0 aromatic heterocycles. The number of anilines is 1. The topological polar surface area (TPSA) is 72.2 Å². The van der Waals surface area contributed by atoms with Crippen molar-refractivity contribution in [3.8, 4) is 0 Å². The van der Waals surface area contributed by atoms with Crippen molar-refractivity contribution in [1.82, 2.24) is 5.32 Å². The monoisotopic (exact) mass is 344 g/mol. The first-order valence-electron chi connectivity index (χ1n) is 6.56. The van der Waals surface area contributed by atoms with Crippen molar-refractivity contribution in [3.05, 3.63) is 63.1 Å². The van der Waals surface area contributed by atoms with Crippen LogP contribution in [0.4, 0.5) is 5.69 Å². The van der Waals surface area contributed by atoms with Gasteiger partial charge in [0.2, 0.25) is 0 Å². The Hall–Kier alpha value is -2.14. The zero-order valence-electron chi connectivity index (χ0n) is 11.2. The Labute approximate surface area is 130 Å². The van der Waals surface area contributed by atoms with Gasteiger partial charge in [0, 0.05) is 33.4 Å². The van der Waals surface area contributed by atoms with Gasteiger partial charge in [-0.25, -0.2) is 0 Å². The van der Waals surface area contributed by atoms with Gasteiger partial charge in [-0.15, -0.1) is 0 Å². The lowest BCUT2D eigenvalue weighted by molar-refractivity contribution is 0.0946. The molecule has 0 spiro atoms. The number of fused-ring (bicyclic) bond motifs is 1. The van der Waals surface area contributed by atoms with E-state index in [1.54, 1.807) is 30.3 Å². The van der Waals surface area contributed by atoms with E-state index in [-0.39, 0.29) is 11.7 Å². The third-order valence-electron chi connectivity index (χ3n) is 3.48. The summed E-state index contributed by atoms with van der Waals surface area (Å²) in [4.78, 5) is 24.4. The number of nitrogens with two attached hydrogens (primary N) is 1. The van der Waals surface area contributed by atoms with Gasteiger partial charge < -0.3 is 11.1 Å². The summed E-state index contributed by atoms with van der Waals surface area (Å²) in [6.07, 6.45) is 0.791. The number of halogens is 1. The van der Waals surface area contributed by atoms with Crippen molar-refractivity contribution < 1.29 is 9.59 Å². The normalized spacial score (nSPS) is 13.5. The fourth-order valence-corrected chi connectivity index (χ4v) is 2.97. The third-order valence-corrected chi connectivity index (χ3v) is 3.94. The van der Waals surface area contributed by atoms with E-state index in [1.807, 2.05) is 6.07 Å². The number of rotatable bonds is 2. The number of nitrogen functional groups attached to an aromatic ring is 1. The number of nitrogens with one attached hydrogen (secondary N) is 1. The minimum atomic E-state index is -0.149. The molecule has 4 nitrogen and oxygen atoms in total. The molecule has 0 radical (unpaired) electrons. The van der Waals surface area contributed by atoms with E-state index in [9.17, 15) is 9.59 Å². The Bertz CT molecular complexity index is 736. The molecule has 1 aliphatic rings. The van der Waals surface area contributed by atoms with E-state index < -0.39 is 0 Å². The third kappa shape index (κ3) is 2.69. The van der Waals surface area contributed by atoms with Gasteiger partial charge in [0.25, 0.3) is 5.91 Å². The van der Waals surface area contributed by atoms with Crippen molar-refractivity contribution in [1.29, 1.82) is 0 Å². The van der Waals surface area contributed by atoms with E-state index in [0.717, 1.165) is 16.5 Å². The summed E-state index contributed by atoms with van der Waals surface area (Å²) >= 11 is 3.33. The van der Waals surface area contributed by atoms with Gasteiger partial charge in [0.15, 0.2) is 5.78 Å². The molecular weight excluding hydrogens is 332 g/mol. The molecule has 2 aromatic rings. The van der Waals surface area contributed by atoms with E-state index in [1.165, 1.54) is 0 Å². The van der Waals surface area contributed by atoms with Gasteiger partial charge in [0.05, 0.1) is 0 Å². The second-order valence-electron chi connectivity index (χ2n) is 4.98. The maximum Gasteiger partial charge on any atom is 0.251 e. The van der Waals surface area contributed by atoms with Crippen LogP contribution in [0.2, 0.25) is 0 Å². The summed E-state index contributed by atoms with van der Waals surface area (Å²) in [5.74, 6) is -0.274. The van der Waals surface area contributed by atoms with Gasteiger partial charge in [0.1, 0.15) is 0 Å². The van der Waals surface area contributed by atoms with Crippen LogP contribution in [0.1, 0.15) is 31.8 Å². The standard InChI is InChI=1S/C16H13BrN2O2/c17-12-5-11(6-13(18)8-12)15(20)10-2-1-9-3-4-19-16(21)14(9)7-10/h1-2,5-8H,3-4,18H2,(H,19,21). The van der Waals surface area contributed by atoms with E-state index in [0.29, 0.717) is 28.9 Å². The number of ketones is 1. The van der Waals surface area contributed by atoms with Crippen LogP contribution in [-0.4, -0.2) is 18.2 Å². The lowest BCUT2D eigenvalue weighted by Crippen LogP contribution is -2.32. The minimum Gasteiger partial charge on any atom is -0.399 e. The number of carbonyl (C=O) groups is 2. The molecule has 0 fully saturated rings. The number of hydrogen-bond acceptors (Lipinski definition) is 3. The predicted molar refractivity (Wildman–Crippen MR) is 84.5 cm³/mol. The molecule has 21 heavy (non-hydrogen) atoms. The van der Waals surface area contributed by atoms with Crippen LogP contribution in [0.5, 0.6) is 0 Å². The van der Waals surface area contributed by atoms with Crippen molar-refractivity contribution >= 4 is 33.3 Å². The van der Waals surface area contributed by atoms with Gasteiger partial charge in [-0.1, -0.05) is 28.1 Å². The molecule has 3 rings (SSSR count). The maximum atomic E-state index is 12.5. The Balaban J connectivity index is 2.02. The molecule has 0 aliphatic carbocycles. The highest BCUT2D eigenvalue weighted by atomic mass is 79.9. The first-order chi connectivity index (χ1) is 10.0. The van der Waals surface area contributed by atoms with E-state index in [2.05, 4.69) is 21.2 Å². The van der Waals surface area contributed by atoms with Crippen LogP contribution < -0.4 is 11.1 Å². The summed E-state index contributed by atoms with van der Waals surface area (Å²) < 4.78 is 0.751. The first-order valence-corrected chi connectivity index (χ1v) is 7.36. The Morgan fingerprint density at radius 2 is 1.95 bits per heavy atom. The average molecular weight is 345 g/mol. The molecule has 3 N–H and O–H groups in total. The zero-order valence-corrected chi connectivity index (χ0v) is 12.7. The fraction of sp³-hybridized carbons (Fsp3) is 0.125. The van der Waals surface area contributed by atoms with Gasteiger partial charge in [-0.3, -0.25) is 9.59 Å². The number of benzene rings is 2. The molecule has 2 aromatic carbocycles. The molecule has 5 heteroatoms. The highest BCUT2D eigenvalue weighted by Crippen LogP contribution is 2.22. The Morgan fingerprint density at radius 3 is 2.71 bits per heavy atom. The Kier molecular flexibility index (Phi) is 3.51. The van der Waals surface area contributed by atoms with Gasteiger partial charge >= 0.3 is 0 Å². The summed E-state index contributed by atoms with van der Waals surface area (Å²) in [6.45, 7) is 0.640. The van der Waals surface area contributed by atoms with Crippen LogP contribution in [0, 0.1) is 0 Å². The summed E-state index contributed by atoms with van der Waals surface area (Å²) in [5, 5.41) is 2.78. The highest BCUT2D eigenvalue weighted by molar-refractivity contribution is 9.10. The second-order valence-corrected chi connectivity index (χ2v) is 5.90. The van der Waals surface area contributed by atoms with Crippen LogP contribution in [0.15, 0.2) is 40.9 Å². The van der Waals surface area contributed by atoms with E-state index >= 15 is 0 Å². The molecule has 1 amide bonds. The summed E-state index contributed by atoms with van der Waals surface area (Å²) in [7, 11) is 0. The zero-order chi connectivity index (χ0) is 15.0. The molecule has 0 saturated heterocycles. The average Bonchev–Trinajstić information content (AvgIpc) is 2.45. The van der Waals surface area contributed by atoms with Crippen LogP contribution >= 0.6 is 15.9 Å². The largest absolute Gasteiger partial charge is 0.399 e. The highest BCUT2D eigenvalue weighted by Gasteiger charge is 2.19. The maximum absolute atomic E-state index is 12.5.